The van der Waals surface area contributed by atoms with E-state index in [2.05, 4.69) is 10.0 Å². The van der Waals surface area contributed by atoms with Crippen molar-refractivity contribution < 1.29 is 4.79 Å². The van der Waals surface area contributed by atoms with Crippen LogP contribution < -0.4 is 0 Å². The number of carbonyl (C=O) groups excluding carboxylic acids is 1. The van der Waals surface area contributed by atoms with Crippen LogP contribution in [0.15, 0.2) is 5.11 Å². The Bertz CT molecular complexity index is 141. The van der Waals surface area contributed by atoms with Crippen LogP contribution in [0.1, 0.15) is 6.92 Å². The van der Waals surface area contributed by atoms with Crippen LogP contribution in [0.3, 0.4) is 0 Å². The molecule has 1 amide bonds. The van der Waals surface area contributed by atoms with Crippen molar-refractivity contribution >= 4 is 6.41 Å². The molecule has 0 aromatic rings. The molecule has 0 rings (SSSR count). The third-order valence-electron chi connectivity index (χ3n) is 1.11. The summed E-state index contributed by atoms with van der Waals surface area (Å²) in [5.41, 5.74) is 7.88. The van der Waals surface area contributed by atoms with Gasteiger partial charge in [-0.05, 0) is 12.5 Å². The Labute approximate surface area is 59.3 Å². The highest BCUT2D eigenvalue weighted by atomic mass is 16.1. The summed E-state index contributed by atoms with van der Waals surface area (Å²) in [5, 5.41) is 3.29. The first-order chi connectivity index (χ1) is 4.85. The number of likely N-dealkylation sites (N-methyl/N-ethyl adjacent to an activating group) is 1. The molecule has 0 aromatic carbocycles. The van der Waals surface area contributed by atoms with Gasteiger partial charge in [-0.15, -0.1) is 0 Å². The molecule has 0 unspecified atom stereocenters. The molecule has 0 aliphatic carbocycles. The zero-order valence-corrected chi connectivity index (χ0v) is 5.90. The maximum atomic E-state index is 10.1. The quantitative estimate of drug-likeness (QED) is 0.242. The summed E-state index contributed by atoms with van der Waals surface area (Å²) < 4.78 is 0. The fraction of sp³-hybridized carbons (Fsp3) is 0.800. The molecule has 5 heteroatoms. The predicted molar refractivity (Wildman–Crippen MR) is 37.3 cm³/mol. The maximum Gasteiger partial charge on any atom is 0.209 e. The van der Waals surface area contributed by atoms with Crippen LogP contribution in [-0.2, 0) is 4.79 Å². The Morgan fingerprint density at radius 1 is 1.80 bits per heavy atom. The van der Waals surface area contributed by atoms with E-state index in [1.54, 1.807) is 0 Å². The van der Waals surface area contributed by atoms with Crippen LogP contribution in [-0.4, -0.2) is 30.9 Å². The number of nitrogens with zero attached hydrogens (tertiary/aromatic N) is 4. The molecular formula is C5H10N4O. The highest BCUT2D eigenvalue weighted by Crippen LogP contribution is 1.81. The minimum absolute atomic E-state index is 0.350. The molecule has 0 fully saturated rings. The molecule has 56 valence electrons. The zero-order chi connectivity index (χ0) is 7.82. The van der Waals surface area contributed by atoms with Crippen LogP contribution in [0.5, 0.6) is 0 Å². The summed E-state index contributed by atoms with van der Waals surface area (Å²) in [4.78, 5) is 14.2. The van der Waals surface area contributed by atoms with Gasteiger partial charge in [-0.3, -0.25) is 4.79 Å². The van der Waals surface area contributed by atoms with Gasteiger partial charge >= 0.3 is 0 Å². The van der Waals surface area contributed by atoms with E-state index >= 15 is 0 Å². The lowest BCUT2D eigenvalue weighted by Gasteiger charge is -2.11. The Kier molecular flexibility index (Phi) is 5.19. The van der Waals surface area contributed by atoms with Gasteiger partial charge in [0.1, 0.15) is 0 Å². The Morgan fingerprint density at radius 3 is 2.90 bits per heavy atom. The van der Waals surface area contributed by atoms with Gasteiger partial charge in [-0.1, -0.05) is 5.11 Å². The summed E-state index contributed by atoms with van der Waals surface area (Å²) in [6.07, 6.45) is 0.743. The average molecular weight is 142 g/mol. The molecule has 0 aromatic heterocycles. The van der Waals surface area contributed by atoms with Crippen molar-refractivity contribution in [3.8, 4) is 0 Å². The smallest absolute Gasteiger partial charge is 0.209 e. The molecule has 0 saturated heterocycles. The normalized spacial score (nSPS) is 8.10. The molecule has 0 N–H and O–H groups in total. The van der Waals surface area contributed by atoms with E-state index in [4.69, 9.17) is 5.53 Å². The van der Waals surface area contributed by atoms with Gasteiger partial charge < -0.3 is 4.90 Å². The van der Waals surface area contributed by atoms with Crippen LogP contribution in [0.4, 0.5) is 0 Å². The molecule has 5 nitrogen and oxygen atoms in total. The molecule has 0 radical (unpaired) electrons. The van der Waals surface area contributed by atoms with Crippen LogP contribution in [0, 0.1) is 0 Å². The van der Waals surface area contributed by atoms with Gasteiger partial charge in [0.15, 0.2) is 0 Å². The molecule has 10 heavy (non-hydrogen) atoms. The summed E-state index contributed by atoms with van der Waals surface area (Å²) in [6, 6.07) is 0. The van der Waals surface area contributed by atoms with Gasteiger partial charge in [0.05, 0.1) is 0 Å². The number of carbonyl (C=O) groups is 1. The van der Waals surface area contributed by atoms with E-state index < -0.39 is 0 Å². The van der Waals surface area contributed by atoms with Crippen molar-refractivity contribution in [3.63, 3.8) is 0 Å². The van der Waals surface area contributed by atoms with E-state index in [1.165, 1.54) is 4.90 Å². The maximum absolute atomic E-state index is 10.1. The average Bonchev–Trinajstić information content (AvgIpc) is 1.99. The second kappa shape index (κ2) is 5.91. The van der Waals surface area contributed by atoms with E-state index in [1.807, 2.05) is 6.92 Å². The fourth-order valence-corrected chi connectivity index (χ4v) is 0.503. The van der Waals surface area contributed by atoms with Crippen molar-refractivity contribution in [2.24, 2.45) is 5.11 Å². The number of azide groups is 1. The summed E-state index contributed by atoms with van der Waals surface area (Å²) >= 11 is 0. The third kappa shape index (κ3) is 3.74. The highest BCUT2D eigenvalue weighted by molar-refractivity contribution is 5.46. The lowest BCUT2D eigenvalue weighted by atomic mass is 10.5. The van der Waals surface area contributed by atoms with Crippen LogP contribution in [0.25, 0.3) is 10.4 Å². The van der Waals surface area contributed by atoms with E-state index in [9.17, 15) is 4.79 Å². The van der Waals surface area contributed by atoms with Crippen molar-refractivity contribution in [1.82, 2.24) is 4.90 Å². The Hall–Kier alpha value is -1.22. The van der Waals surface area contributed by atoms with Crippen LogP contribution >= 0.6 is 0 Å². The van der Waals surface area contributed by atoms with Gasteiger partial charge in [0.25, 0.3) is 0 Å². The first kappa shape index (κ1) is 8.78. The molecule has 0 spiro atoms. The second-order valence-corrected chi connectivity index (χ2v) is 1.69. The summed E-state index contributed by atoms with van der Waals surface area (Å²) in [7, 11) is 0. The molecule has 0 atom stereocenters. The summed E-state index contributed by atoms with van der Waals surface area (Å²) in [5.74, 6) is 0. The standard InChI is InChI=1S/C5H10N4O/c1-2-9(5-10)4-3-7-8-6/h5H,2-4H2,1H3. The van der Waals surface area contributed by atoms with Crippen LogP contribution in [0.2, 0.25) is 0 Å². The second-order valence-electron chi connectivity index (χ2n) is 1.69. The minimum Gasteiger partial charge on any atom is -0.345 e. The molecule has 0 bridgehead atoms. The molecule has 0 heterocycles. The van der Waals surface area contributed by atoms with E-state index in [-0.39, 0.29) is 0 Å². The Morgan fingerprint density at radius 2 is 2.50 bits per heavy atom. The number of amides is 1. The largest absolute Gasteiger partial charge is 0.345 e. The number of hydrogen-bond donors (Lipinski definition) is 0. The zero-order valence-electron chi connectivity index (χ0n) is 5.90. The Balaban J connectivity index is 3.43. The van der Waals surface area contributed by atoms with Crippen molar-refractivity contribution in [1.29, 1.82) is 0 Å². The summed E-state index contributed by atoms with van der Waals surface area (Å²) in [6.45, 7) is 3.38. The van der Waals surface area contributed by atoms with E-state index in [0.717, 1.165) is 6.41 Å². The lowest BCUT2D eigenvalue weighted by Crippen LogP contribution is -2.23. The van der Waals surface area contributed by atoms with Gasteiger partial charge in [0, 0.05) is 24.5 Å². The lowest BCUT2D eigenvalue weighted by molar-refractivity contribution is -0.117. The topological polar surface area (TPSA) is 69.1 Å². The fourth-order valence-electron chi connectivity index (χ4n) is 0.503. The van der Waals surface area contributed by atoms with Crippen molar-refractivity contribution in [2.45, 2.75) is 6.92 Å². The SMILES string of the molecule is CCN(C=O)CCN=[N+]=[N-]. The van der Waals surface area contributed by atoms with Gasteiger partial charge in [-0.25, -0.2) is 0 Å². The monoisotopic (exact) mass is 142 g/mol. The van der Waals surface area contributed by atoms with Crippen molar-refractivity contribution in [3.05, 3.63) is 10.4 Å². The minimum atomic E-state index is 0.350. The predicted octanol–water partition coefficient (Wildman–Crippen LogP) is 0.775. The molecular weight excluding hydrogens is 132 g/mol. The third-order valence-corrected chi connectivity index (χ3v) is 1.11. The molecule has 0 saturated carbocycles. The first-order valence-corrected chi connectivity index (χ1v) is 3.05. The molecule has 0 aliphatic rings. The molecule has 0 aliphatic heterocycles. The highest BCUT2D eigenvalue weighted by Gasteiger charge is 1.93. The van der Waals surface area contributed by atoms with Gasteiger partial charge in [0.2, 0.25) is 6.41 Å². The number of rotatable bonds is 5. The van der Waals surface area contributed by atoms with E-state index in [0.29, 0.717) is 19.6 Å². The van der Waals surface area contributed by atoms with Gasteiger partial charge in [-0.2, -0.15) is 0 Å². The first-order valence-electron chi connectivity index (χ1n) is 3.05. The van der Waals surface area contributed by atoms with Crippen molar-refractivity contribution in [2.75, 3.05) is 19.6 Å². The number of hydrogen-bond acceptors (Lipinski definition) is 2.